The summed E-state index contributed by atoms with van der Waals surface area (Å²) in [5.41, 5.74) is 0.759. The zero-order chi connectivity index (χ0) is 12.6. The van der Waals surface area contributed by atoms with Gasteiger partial charge in [0.05, 0.1) is 5.60 Å². The van der Waals surface area contributed by atoms with Crippen LogP contribution in [0.4, 0.5) is 0 Å². The molecule has 2 saturated carbocycles. The fourth-order valence-corrected chi connectivity index (χ4v) is 5.20. The molecule has 1 saturated heterocycles. The van der Waals surface area contributed by atoms with Crippen molar-refractivity contribution in [1.29, 1.82) is 0 Å². The Hall–Kier alpha value is 0.250. The van der Waals surface area contributed by atoms with E-state index < -0.39 is 0 Å². The van der Waals surface area contributed by atoms with E-state index in [0.717, 1.165) is 12.5 Å². The van der Waals surface area contributed by atoms with Gasteiger partial charge in [0, 0.05) is 12.0 Å². The van der Waals surface area contributed by atoms with Crippen LogP contribution in [0, 0.1) is 11.3 Å². The minimum Gasteiger partial charge on any atom is -0.375 e. The Kier molecular flexibility index (Phi) is 3.66. The molecule has 0 aromatic carbocycles. The molecule has 3 aliphatic rings. The lowest BCUT2D eigenvalue weighted by Gasteiger charge is -2.48. The predicted octanol–water partition coefficient (Wildman–Crippen LogP) is 4.91. The van der Waals surface area contributed by atoms with Gasteiger partial charge in [-0.1, -0.05) is 26.2 Å². The van der Waals surface area contributed by atoms with Crippen LogP contribution >= 0.6 is 11.6 Å². The Morgan fingerprint density at radius 3 is 2.44 bits per heavy atom. The summed E-state index contributed by atoms with van der Waals surface area (Å²) in [6.07, 6.45) is 13.2. The number of ether oxygens (including phenoxy) is 1. The Balaban J connectivity index is 1.70. The van der Waals surface area contributed by atoms with Crippen LogP contribution < -0.4 is 0 Å². The molecule has 1 nitrogen and oxygen atoms in total. The summed E-state index contributed by atoms with van der Waals surface area (Å²) in [5, 5.41) is 0.431. The van der Waals surface area contributed by atoms with E-state index in [-0.39, 0.29) is 5.60 Å². The summed E-state index contributed by atoms with van der Waals surface area (Å²) in [6, 6.07) is 0. The molecule has 1 aliphatic heterocycles. The maximum atomic E-state index is 6.36. The summed E-state index contributed by atoms with van der Waals surface area (Å²) in [4.78, 5) is 0. The minimum atomic E-state index is 0.259. The number of hydrogen-bond donors (Lipinski definition) is 0. The van der Waals surface area contributed by atoms with Gasteiger partial charge in [-0.3, -0.25) is 0 Å². The summed E-state index contributed by atoms with van der Waals surface area (Å²) >= 11 is 6.36. The van der Waals surface area contributed by atoms with Gasteiger partial charge in [-0.05, 0) is 56.3 Å². The first-order chi connectivity index (χ1) is 8.62. The van der Waals surface area contributed by atoms with Crippen LogP contribution in [0.5, 0.6) is 0 Å². The van der Waals surface area contributed by atoms with Crippen molar-refractivity contribution in [2.75, 3.05) is 6.61 Å². The molecule has 2 aliphatic carbocycles. The van der Waals surface area contributed by atoms with E-state index in [2.05, 4.69) is 6.92 Å². The second kappa shape index (κ2) is 4.98. The van der Waals surface area contributed by atoms with E-state index in [1.54, 1.807) is 0 Å². The first kappa shape index (κ1) is 13.2. The van der Waals surface area contributed by atoms with E-state index in [1.807, 2.05) is 0 Å². The first-order valence-electron chi connectivity index (χ1n) is 7.90. The van der Waals surface area contributed by atoms with Gasteiger partial charge >= 0.3 is 0 Å². The predicted molar refractivity (Wildman–Crippen MR) is 76.1 cm³/mol. The lowest BCUT2D eigenvalue weighted by atomic mass is 9.66. The molecule has 3 fully saturated rings. The van der Waals surface area contributed by atoms with Crippen molar-refractivity contribution >= 4 is 11.6 Å². The highest BCUT2D eigenvalue weighted by Gasteiger charge is 2.47. The van der Waals surface area contributed by atoms with Gasteiger partial charge in [0.1, 0.15) is 0 Å². The average Bonchev–Trinajstić information content (AvgIpc) is 2.72. The van der Waals surface area contributed by atoms with Crippen LogP contribution in [-0.2, 0) is 4.74 Å². The monoisotopic (exact) mass is 270 g/mol. The van der Waals surface area contributed by atoms with Gasteiger partial charge in [0.15, 0.2) is 0 Å². The molecule has 0 radical (unpaired) electrons. The van der Waals surface area contributed by atoms with Gasteiger partial charge in [-0.25, -0.2) is 0 Å². The topological polar surface area (TPSA) is 9.23 Å². The zero-order valence-corrected chi connectivity index (χ0v) is 12.5. The molecule has 0 aromatic heterocycles. The highest BCUT2D eigenvalue weighted by Crippen LogP contribution is 2.53. The quantitative estimate of drug-likeness (QED) is 0.615. The standard InChI is InChI=1S/C16H27ClO/c1-15(9-5-14(17)12-15)13-6-10-18-16(11-13)7-3-2-4-8-16/h13-14H,2-12H2,1H3. The Morgan fingerprint density at radius 2 is 1.78 bits per heavy atom. The van der Waals surface area contributed by atoms with Crippen LogP contribution in [0.3, 0.4) is 0 Å². The molecule has 104 valence electrons. The van der Waals surface area contributed by atoms with Crippen molar-refractivity contribution in [2.24, 2.45) is 11.3 Å². The van der Waals surface area contributed by atoms with Crippen molar-refractivity contribution in [1.82, 2.24) is 0 Å². The fourth-order valence-electron chi connectivity index (χ4n) is 4.73. The van der Waals surface area contributed by atoms with Crippen molar-refractivity contribution in [2.45, 2.75) is 82.1 Å². The maximum absolute atomic E-state index is 6.36. The second-order valence-corrected chi connectivity index (χ2v) is 7.89. The number of alkyl halides is 1. The van der Waals surface area contributed by atoms with E-state index in [1.165, 1.54) is 64.2 Å². The molecule has 0 aromatic rings. The smallest absolute Gasteiger partial charge is 0.0685 e. The average molecular weight is 271 g/mol. The molecule has 3 atom stereocenters. The lowest BCUT2D eigenvalue weighted by molar-refractivity contribution is -0.134. The Labute approximate surface area is 117 Å². The fraction of sp³-hybridized carbons (Fsp3) is 1.00. The lowest BCUT2D eigenvalue weighted by Crippen LogP contribution is -2.45. The normalized spacial score (nSPS) is 44.3. The van der Waals surface area contributed by atoms with Crippen LogP contribution in [-0.4, -0.2) is 17.6 Å². The largest absolute Gasteiger partial charge is 0.375 e. The third-order valence-electron chi connectivity index (χ3n) is 5.96. The zero-order valence-electron chi connectivity index (χ0n) is 11.7. The van der Waals surface area contributed by atoms with Crippen LogP contribution in [0.2, 0.25) is 0 Å². The van der Waals surface area contributed by atoms with E-state index in [9.17, 15) is 0 Å². The van der Waals surface area contributed by atoms with Crippen molar-refractivity contribution in [3.8, 4) is 0 Å². The molecule has 1 heterocycles. The summed E-state index contributed by atoms with van der Waals surface area (Å²) in [6.45, 7) is 3.48. The van der Waals surface area contributed by atoms with Crippen molar-refractivity contribution in [3.05, 3.63) is 0 Å². The van der Waals surface area contributed by atoms with E-state index >= 15 is 0 Å². The maximum Gasteiger partial charge on any atom is 0.0685 e. The first-order valence-corrected chi connectivity index (χ1v) is 8.34. The molecule has 3 rings (SSSR count). The van der Waals surface area contributed by atoms with Crippen LogP contribution in [0.25, 0.3) is 0 Å². The van der Waals surface area contributed by atoms with E-state index in [0.29, 0.717) is 10.8 Å². The van der Waals surface area contributed by atoms with Gasteiger partial charge in [-0.15, -0.1) is 11.6 Å². The number of rotatable bonds is 1. The molecule has 0 N–H and O–H groups in total. The van der Waals surface area contributed by atoms with Gasteiger partial charge in [-0.2, -0.15) is 0 Å². The Morgan fingerprint density at radius 1 is 1.00 bits per heavy atom. The molecule has 3 unspecified atom stereocenters. The van der Waals surface area contributed by atoms with Crippen molar-refractivity contribution in [3.63, 3.8) is 0 Å². The minimum absolute atomic E-state index is 0.259. The highest BCUT2D eigenvalue weighted by atomic mass is 35.5. The Bertz CT molecular complexity index is 292. The summed E-state index contributed by atoms with van der Waals surface area (Å²) in [7, 11) is 0. The third-order valence-corrected chi connectivity index (χ3v) is 6.33. The van der Waals surface area contributed by atoms with Gasteiger partial charge in [0.2, 0.25) is 0 Å². The highest BCUT2D eigenvalue weighted by molar-refractivity contribution is 6.20. The molecular formula is C16H27ClO. The molecule has 18 heavy (non-hydrogen) atoms. The SMILES string of the molecule is CC1(C2CCOC3(CCCCC3)C2)CCC(Cl)C1. The summed E-state index contributed by atoms with van der Waals surface area (Å²) in [5.74, 6) is 0.855. The third kappa shape index (κ3) is 2.45. The summed E-state index contributed by atoms with van der Waals surface area (Å²) < 4.78 is 6.24. The second-order valence-electron chi connectivity index (χ2n) is 7.28. The van der Waals surface area contributed by atoms with Crippen LogP contribution in [0.15, 0.2) is 0 Å². The molecule has 1 spiro atoms. The molecular weight excluding hydrogens is 244 g/mol. The molecule has 0 bridgehead atoms. The van der Waals surface area contributed by atoms with Gasteiger partial charge in [0.25, 0.3) is 0 Å². The molecule has 2 heteroatoms. The van der Waals surface area contributed by atoms with E-state index in [4.69, 9.17) is 16.3 Å². The van der Waals surface area contributed by atoms with Crippen LogP contribution in [0.1, 0.15) is 71.1 Å². The number of hydrogen-bond acceptors (Lipinski definition) is 1. The van der Waals surface area contributed by atoms with Gasteiger partial charge < -0.3 is 4.74 Å². The molecule has 0 amide bonds. The van der Waals surface area contributed by atoms with Crippen molar-refractivity contribution < 1.29 is 4.74 Å². The number of halogens is 1.